The fraction of sp³-hybridized carbons (Fsp3) is 0.231. The van der Waals surface area contributed by atoms with Crippen LogP contribution in [0.2, 0.25) is 0 Å². The third-order valence-electron chi connectivity index (χ3n) is 2.39. The Morgan fingerprint density at radius 2 is 2.11 bits per heavy atom. The first-order chi connectivity index (χ1) is 8.95. The quantitative estimate of drug-likeness (QED) is 0.811. The lowest BCUT2D eigenvalue weighted by molar-refractivity contribution is 0.0995. The van der Waals surface area contributed by atoms with Gasteiger partial charge in [0, 0.05) is 24.0 Å². The Bertz CT molecular complexity index is 604. The number of hydrogen-bond acceptors (Lipinski definition) is 4. The van der Waals surface area contributed by atoms with Crippen LogP contribution < -0.4 is 16.2 Å². The number of aromatic nitrogens is 2. The molecule has 1 amide bonds. The zero-order chi connectivity index (χ0) is 14.0. The van der Waals surface area contributed by atoms with E-state index in [4.69, 9.17) is 16.2 Å². The Labute approximate surface area is 111 Å². The van der Waals surface area contributed by atoms with Crippen LogP contribution in [0.3, 0.4) is 0 Å². The summed E-state index contributed by atoms with van der Waals surface area (Å²) < 4.78 is 7.13. The molecular weight excluding hydrogens is 244 g/mol. The number of rotatable bonds is 4. The second-order valence-electron chi connectivity index (χ2n) is 4.44. The SMILES string of the molecule is CC(C)Oc1cc(N)cc(-n2ccc(C(N)=O)n2)c1. The molecule has 0 unspecified atom stereocenters. The monoisotopic (exact) mass is 260 g/mol. The summed E-state index contributed by atoms with van der Waals surface area (Å²) in [6.45, 7) is 3.87. The van der Waals surface area contributed by atoms with Gasteiger partial charge in [0.1, 0.15) is 11.4 Å². The maximum absolute atomic E-state index is 11.0. The van der Waals surface area contributed by atoms with Crippen molar-refractivity contribution in [1.29, 1.82) is 0 Å². The summed E-state index contributed by atoms with van der Waals surface area (Å²) >= 11 is 0. The zero-order valence-corrected chi connectivity index (χ0v) is 10.8. The maximum Gasteiger partial charge on any atom is 0.269 e. The number of carbonyl (C=O) groups is 1. The summed E-state index contributed by atoms with van der Waals surface area (Å²) in [6, 6.07) is 6.83. The molecule has 2 aromatic rings. The minimum Gasteiger partial charge on any atom is -0.491 e. The van der Waals surface area contributed by atoms with Gasteiger partial charge in [-0.3, -0.25) is 4.79 Å². The van der Waals surface area contributed by atoms with Crippen LogP contribution >= 0.6 is 0 Å². The normalized spacial score (nSPS) is 10.7. The first-order valence-corrected chi connectivity index (χ1v) is 5.89. The van der Waals surface area contributed by atoms with E-state index in [-0.39, 0.29) is 11.8 Å². The van der Waals surface area contributed by atoms with Crippen LogP contribution in [0.25, 0.3) is 5.69 Å². The van der Waals surface area contributed by atoms with Crippen LogP contribution in [0.15, 0.2) is 30.5 Å². The number of carbonyl (C=O) groups excluding carboxylic acids is 1. The Balaban J connectivity index is 2.37. The molecule has 6 heteroatoms. The molecule has 2 rings (SSSR count). The second kappa shape index (κ2) is 5.01. The molecule has 0 saturated heterocycles. The number of primary amides is 1. The smallest absolute Gasteiger partial charge is 0.269 e. The van der Waals surface area contributed by atoms with Gasteiger partial charge in [-0.1, -0.05) is 0 Å². The highest BCUT2D eigenvalue weighted by molar-refractivity contribution is 5.90. The fourth-order valence-electron chi connectivity index (χ4n) is 1.68. The molecule has 0 fully saturated rings. The molecule has 1 aromatic carbocycles. The molecule has 0 atom stereocenters. The predicted molar refractivity (Wildman–Crippen MR) is 72.3 cm³/mol. The number of nitrogen functional groups attached to an aromatic ring is 1. The van der Waals surface area contributed by atoms with E-state index in [1.807, 2.05) is 13.8 Å². The number of ether oxygens (including phenoxy) is 1. The van der Waals surface area contributed by atoms with E-state index in [1.165, 1.54) is 4.68 Å². The topological polar surface area (TPSA) is 96.2 Å². The minimum atomic E-state index is -0.568. The molecule has 0 spiro atoms. The standard InChI is InChI=1S/C13H16N4O2/c1-8(2)19-11-6-9(14)5-10(7-11)17-4-3-12(16-17)13(15)18/h3-8H,14H2,1-2H3,(H2,15,18). The van der Waals surface area contributed by atoms with Gasteiger partial charge >= 0.3 is 0 Å². The Kier molecular flexibility index (Phi) is 3.41. The highest BCUT2D eigenvalue weighted by Crippen LogP contribution is 2.22. The van der Waals surface area contributed by atoms with Crippen molar-refractivity contribution >= 4 is 11.6 Å². The van der Waals surface area contributed by atoms with Crippen LogP contribution in [0, 0.1) is 0 Å². The molecule has 0 aliphatic rings. The van der Waals surface area contributed by atoms with E-state index in [9.17, 15) is 4.79 Å². The first kappa shape index (κ1) is 12.9. The van der Waals surface area contributed by atoms with Crippen molar-refractivity contribution in [3.05, 3.63) is 36.2 Å². The molecule has 6 nitrogen and oxygen atoms in total. The molecule has 4 N–H and O–H groups in total. The van der Waals surface area contributed by atoms with Crippen molar-refractivity contribution in [2.45, 2.75) is 20.0 Å². The van der Waals surface area contributed by atoms with Gasteiger partial charge in [0.25, 0.3) is 5.91 Å². The molecule has 0 aliphatic heterocycles. The number of hydrogen-bond donors (Lipinski definition) is 2. The molecule has 0 saturated carbocycles. The predicted octanol–water partition coefficient (Wildman–Crippen LogP) is 1.34. The van der Waals surface area contributed by atoms with E-state index in [2.05, 4.69) is 5.10 Å². The van der Waals surface area contributed by atoms with Crippen molar-refractivity contribution in [3.63, 3.8) is 0 Å². The third-order valence-corrected chi connectivity index (χ3v) is 2.39. The van der Waals surface area contributed by atoms with Crippen LogP contribution in [0.1, 0.15) is 24.3 Å². The van der Waals surface area contributed by atoms with Gasteiger partial charge in [-0.05, 0) is 26.0 Å². The summed E-state index contributed by atoms with van der Waals surface area (Å²) in [6.07, 6.45) is 1.70. The summed E-state index contributed by atoms with van der Waals surface area (Å²) in [5.41, 5.74) is 12.5. The molecule has 0 bridgehead atoms. The lowest BCUT2D eigenvalue weighted by Gasteiger charge is -2.12. The number of nitrogens with zero attached hydrogens (tertiary/aromatic N) is 2. The van der Waals surface area contributed by atoms with Crippen LogP contribution in [-0.2, 0) is 0 Å². The Hall–Kier alpha value is -2.50. The average Bonchev–Trinajstić information content (AvgIpc) is 2.76. The number of amides is 1. The van der Waals surface area contributed by atoms with Gasteiger partial charge in [-0.15, -0.1) is 0 Å². The number of benzene rings is 1. The number of anilines is 1. The molecular formula is C13H16N4O2. The lowest BCUT2D eigenvalue weighted by Crippen LogP contribution is -2.12. The third kappa shape index (κ3) is 3.04. The van der Waals surface area contributed by atoms with E-state index in [0.29, 0.717) is 17.1 Å². The molecule has 1 heterocycles. The zero-order valence-electron chi connectivity index (χ0n) is 10.8. The van der Waals surface area contributed by atoms with Crippen LogP contribution in [0.4, 0.5) is 5.69 Å². The highest BCUT2D eigenvalue weighted by atomic mass is 16.5. The molecule has 0 radical (unpaired) electrons. The highest BCUT2D eigenvalue weighted by Gasteiger charge is 2.08. The molecule has 0 aliphatic carbocycles. The van der Waals surface area contributed by atoms with Crippen molar-refractivity contribution < 1.29 is 9.53 Å². The summed E-state index contributed by atoms with van der Waals surface area (Å²) in [7, 11) is 0. The van der Waals surface area contributed by atoms with E-state index in [0.717, 1.165) is 0 Å². The van der Waals surface area contributed by atoms with E-state index < -0.39 is 5.91 Å². The van der Waals surface area contributed by atoms with Gasteiger partial charge in [0.2, 0.25) is 0 Å². The van der Waals surface area contributed by atoms with Crippen molar-refractivity contribution in [1.82, 2.24) is 9.78 Å². The van der Waals surface area contributed by atoms with E-state index in [1.54, 1.807) is 30.5 Å². The van der Waals surface area contributed by atoms with Gasteiger partial charge in [-0.25, -0.2) is 4.68 Å². The Morgan fingerprint density at radius 3 is 2.68 bits per heavy atom. The largest absolute Gasteiger partial charge is 0.491 e. The number of nitrogens with two attached hydrogens (primary N) is 2. The molecule has 1 aromatic heterocycles. The maximum atomic E-state index is 11.0. The van der Waals surface area contributed by atoms with Crippen LogP contribution in [0.5, 0.6) is 5.75 Å². The summed E-state index contributed by atoms with van der Waals surface area (Å²) in [4.78, 5) is 11.0. The second-order valence-corrected chi connectivity index (χ2v) is 4.44. The van der Waals surface area contributed by atoms with E-state index >= 15 is 0 Å². The van der Waals surface area contributed by atoms with Gasteiger partial charge in [0.15, 0.2) is 0 Å². The average molecular weight is 260 g/mol. The molecule has 100 valence electrons. The van der Waals surface area contributed by atoms with Gasteiger partial charge < -0.3 is 16.2 Å². The van der Waals surface area contributed by atoms with Crippen LogP contribution in [-0.4, -0.2) is 21.8 Å². The summed E-state index contributed by atoms with van der Waals surface area (Å²) in [5, 5.41) is 4.07. The first-order valence-electron chi connectivity index (χ1n) is 5.89. The van der Waals surface area contributed by atoms with Crippen molar-refractivity contribution in [2.75, 3.05) is 5.73 Å². The van der Waals surface area contributed by atoms with Crippen molar-refractivity contribution in [2.24, 2.45) is 5.73 Å². The van der Waals surface area contributed by atoms with Crippen molar-refractivity contribution in [3.8, 4) is 11.4 Å². The molecule has 19 heavy (non-hydrogen) atoms. The lowest BCUT2D eigenvalue weighted by atomic mass is 10.2. The fourth-order valence-corrected chi connectivity index (χ4v) is 1.68. The van der Waals surface area contributed by atoms with Gasteiger partial charge in [0.05, 0.1) is 11.8 Å². The van der Waals surface area contributed by atoms with Gasteiger partial charge in [-0.2, -0.15) is 5.10 Å². The Morgan fingerprint density at radius 1 is 1.37 bits per heavy atom. The summed E-state index contributed by atoms with van der Waals surface area (Å²) in [5.74, 6) is 0.0856. The minimum absolute atomic E-state index is 0.0495.